The Kier molecular flexibility index (Phi) is 5.87. The van der Waals surface area contributed by atoms with Crippen LogP contribution >= 0.6 is 23.4 Å². The number of aromatic nitrogens is 1. The molecule has 25 heavy (non-hydrogen) atoms. The molecule has 0 aliphatic rings. The molecule has 126 valence electrons. The molecule has 6 nitrogen and oxygen atoms in total. The van der Waals surface area contributed by atoms with Crippen molar-refractivity contribution in [2.75, 3.05) is 11.1 Å². The summed E-state index contributed by atoms with van der Waals surface area (Å²) in [6, 6.07) is 10.6. The number of thioether (sulfide) groups is 1. The molecule has 1 heterocycles. The summed E-state index contributed by atoms with van der Waals surface area (Å²) in [6.45, 7) is 3.53. The average Bonchev–Trinajstić information content (AvgIpc) is 2.59. The van der Waals surface area contributed by atoms with Gasteiger partial charge < -0.3 is 5.32 Å². The maximum absolute atomic E-state index is 12.4. The summed E-state index contributed by atoms with van der Waals surface area (Å²) in [5, 5.41) is 21.5. The number of halogens is 1. The fraction of sp³-hybridized carbons (Fsp3) is 0.176. The average molecular weight is 373 g/mol. The highest BCUT2D eigenvalue weighted by atomic mass is 35.5. The number of nitrogens with zero attached hydrogens (tertiary/aromatic N) is 2. The minimum Gasteiger partial charge on any atom is -0.325 e. The molecule has 0 aliphatic carbocycles. The predicted molar refractivity (Wildman–Crippen MR) is 97.0 cm³/mol. The first-order chi connectivity index (χ1) is 11.9. The Morgan fingerprint density at radius 2 is 2.04 bits per heavy atom. The minimum absolute atomic E-state index is 0.155. The third-order valence-corrected chi connectivity index (χ3v) is 5.04. The summed E-state index contributed by atoms with van der Waals surface area (Å²) in [5.74, 6) is -0.0853. The van der Waals surface area contributed by atoms with E-state index < -0.39 is 5.25 Å². The first-order valence-electron chi connectivity index (χ1n) is 7.26. The van der Waals surface area contributed by atoms with E-state index in [1.807, 2.05) is 19.1 Å². The molecule has 4 N–H and O–H groups in total. The topological polar surface area (TPSA) is 117 Å². The third-order valence-electron chi connectivity index (χ3n) is 3.50. The summed E-state index contributed by atoms with van der Waals surface area (Å²) in [5.41, 5.74) is 7.61. The molecule has 1 amide bonds. The summed E-state index contributed by atoms with van der Waals surface area (Å²) in [6.07, 6.45) is 0. The van der Waals surface area contributed by atoms with E-state index in [9.17, 15) is 10.1 Å². The Morgan fingerprint density at radius 3 is 2.68 bits per heavy atom. The number of benzene rings is 1. The van der Waals surface area contributed by atoms with E-state index in [2.05, 4.69) is 10.3 Å². The van der Waals surface area contributed by atoms with Crippen LogP contribution in [0.15, 0.2) is 29.3 Å². The van der Waals surface area contributed by atoms with Crippen molar-refractivity contribution >= 4 is 40.8 Å². The molecule has 8 heteroatoms. The second kappa shape index (κ2) is 7.89. The van der Waals surface area contributed by atoms with Crippen LogP contribution in [0.4, 0.5) is 11.5 Å². The Balaban J connectivity index is 2.19. The van der Waals surface area contributed by atoms with Gasteiger partial charge in [0, 0.05) is 10.7 Å². The van der Waals surface area contributed by atoms with Crippen LogP contribution in [0, 0.1) is 29.6 Å². The molecule has 0 aliphatic heterocycles. The molecule has 2 rings (SSSR count). The van der Waals surface area contributed by atoms with E-state index >= 15 is 0 Å². The van der Waals surface area contributed by atoms with E-state index in [0.717, 1.165) is 17.3 Å². The predicted octanol–water partition coefficient (Wildman–Crippen LogP) is 2.91. The quantitative estimate of drug-likeness (QED) is 0.800. The molecular weight excluding hydrogens is 358 g/mol. The summed E-state index contributed by atoms with van der Waals surface area (Å²) in [7, 11) is 0. The van der Waals surface area contributed by atoms with Gasteiger partial charge in [-0.25, -0.2) is 4.98 Å². The molecule has 2 aromatic rings. The maximum atomic E-state index is 12.4. The van der Waals surface area contributed by atoms with Gasteiger partial charge in [0.2, 0.25) is 5.91 Å². The van der Waals surface area contributed by atoms with Gasteiger partial charge in [-0.15, -0.1) is 0 Å². The molecule has 0 saturated heterocycles. The Bertz CT molecular complexity index is 916. The van der Waals surface area contributed by atoms with Crippen LogP contribution in [0.25, 0.3) is 0 Å². The molecule has 0 spiro atoms. The molecule has 0 radical (unpaired) electrons. The smallest absolute Gasteiger partial charge is 0.289 e. The first kappa shape index (κ1) is 18.6. The number of rotatable bonds is 4. The molecule has 0 saturated carbocycles. The molecule has 1 atom stereocenters. The lowest BCUT2D eigenvalue weighted by atomic mass is 10.2. The number of nitrogen functional groups attached to an aromatic ring is 1. The zero-order valence-electron chi connectivity index (χ0n) is 13.6. The van der Waals surface area contributed by atoms with Crippen LogP contribution in [0.3, 0.4) is 0 Å². The van der Waals surface area contributed by atoms with Gasteiger partial charge in [0.1, 0.15) is 23.3 Å². The van der Waals surface area contributed by atoms with Crippen molar-refractivity contribution in [1.29, 1.82) is 10.5 Å². The van der Waals surface area contributed by atoms with Crippen LogP contribution in [-0.2, 0) is 4.79 Å². The van der Waals surface area contributed by atoms with Gasteiger partial charge in [0.15, 0.2) is 5.03 Å². The maximum Gasteiger partial charge on any atom is 0.289 e. The lowest BCUT2D eigenvalue weighted by Gasteiger charge is -2.13. The second-order valence-electron chi connectivity index (χ2n) is 5.22. The van der Waals surface area contributed by atoms with Crippen molar-refractivity contribution in [3.8, 4) is 12.1 Å². The number of anilines is 2. The van der Waals surface area contributed by atoms with E-state index in [1.54, 1.807) is 25.1 Å². The van der Waals surface area contributed by atoms with E-state index in [0.29, 0.717) is 15.7 Å². The number of hydrogen-bond donors (Lipinski definition) is 2. The molecular formula is C17H15ClN5OS+. The number of carbonyl (C=O) groups excluding carboxylic acids is 1. The number of nitrogens with one attached hydrogen (secondary N) is 2. The highest BCUT2D eigenvalue weighted by molar-refractivity contribution is 8.00. The van der Waals surface area contributed by atoms with Crippen molar-refractivity contribution < 1.29 is 9.78 Å². The number of pyridine rings is 1. The lowest BCUT2D eigenvalue weighted by molar-refractivity contribution is -0.410. The van der Waals surface area contributed by atoms with Gasteiger partial charge in [0.25, 0.3) is 5.82 Å². The van der Waals surface area contributed by atoms with Gasteiger partial charge in [0.05, 0.1) is 5.25 Å². The zero-order valence-corrected chi connectivity index (χ0v) is 15.1. The Morgan fingerprint density at radius 1 is 1.36 bits per heavy atom. The van der Waals surface area contributed by atoms with Gasteiger partial charge in [-0.2, -0.15) is 10.5 Å². The van der Waals surface area contributed by atoms with E-state index in [4.69, 9.17) is 22.6 Å². The first-order valence-corrected chi connectivity index (χ1v) is 8.51. The number of aromatic amines is 1. The van der Waals surface area contributed by atoms with Crippen molar-refractivity contribution in [2.45, 2.75) is 24.1 Å². The van der Waals surface area contributed by atoms with E-state index in [1.165, 1.54) is 6.07 Å². The van der Waals surface area contributed by atoms with Crippen LogP contribution in [0.5, 0.6) is 0 Å². The molecule has 1 aromatic carbocycles. The number of hydrogen-bond acceptors (Lipinski definition) is 5. The number of H-pyrrole nitrogens is 1. The second-order valence-corrected chi connectivity index (χ2v) is 6.98. The molecule has 0 bridgehead atoms. The van der Waals surface area contributed by atoms with Crippen molar-refractivity contribution in [1.82, 2.24) is 0 Å². The monoisotopic (exact) mass is 372 g/mol. The minimum atomic E-state index is -0.505. The van der Waals surface area contributed by atoms with Crippen molar-refractivity contribution in [3.63, 3.8) is 0 Å². The Labute approximate surface area is 154 Å². The SMILES string of the molecule is Cc1c(Cl)cccc1NC(=O)[C@@H](C)Sc1[nH+]c(N)c(C#N)cc1C#N. The highest BCUT2D eigenvalue weighted by Gasteiger charge is 2.22. The third kappa shape index (κ3) is 4.21. The fourth-order valence-electron chi connectivity index (χ4n) is 2.02. The van der Waals surface area contributed by atoms with Crippen LogP contribution in [0.2, 0.25) is 5.02 Å². The van der Waals surface area contributed by atoms with Crippen LogP contribution in [-0.4, -0.2) is 11.2 Å². The highest BCUT2D eigenvalue weighted by Crippen LogP contribution is 2.27. The molecule has 0 fully saturated rings. The fourth-order valence-corrected chi connectivity index (χ4v) is 3.12. The Hall–Kier alpha value is -2.74. The van der Waals surface area contributed by atoms with Gasteiger partial charge in [-0.05, 0) is 37.6 Å². The normalized spacial score (nSPS) is 11.2. The van der Waals surface area contributed by atoms with Crippen molar-refractivity contribution in [2.24, 2.45) is 0 Å². The van der Waals surface area contributed by atoms with Crippen LogP contribution < -0.4 is 16.0 Å². The number of nitriles is 2. The summed E-state index contributed by atoms with van der Waals surface area (Å²) < 4.78 is 0. The van der Waals surface area contributed by atoms with Gasteiger partial charge in [-0.3, -0.25) is 10.5 Å². The number of carbonyl (C=O) groups is 1. The van der Waals surface area contributed by atoms with Gasteiger partial charge in [-0.1, -0.05) is 29.4 Å². The number of nitrogens with two attached hydrogens (primary N) is 1. The summed E-state index contributed by atoms with van der Waals surface area (Å²) in [4.78, 5) is 15.2. The van der Waals surface area contributed by atoms with Crippen LogP contribution in [0.1, 0.15) is 23.6 Å². The van der Waals surface area contributed by atoms with E-state index in [-0.39, 0.29) is 22.9 Å². The van der Waals surface area contributed by atoms with Crippen molar-refractivity contribution in [3.05, 3.63) is 46.0 Å². The molecule has 0 unspecified atom stereocenters. The molecule has 1 aromatic heterocycles. The largest absolute Gasteiger partial charge is 0.325 e. The summed E-state index contributed by atoms with van der Waals surface area (Å²) >= 11 is 7.21. The standard InChI is InChI=1S/C17H14ClN5OS/c1-9-13(18)4-3-5-14(9)22-16(24)10(2)25-17-12(8-20)6-11(7-19)15(21)23-17/h3-6,10H,1-2H3,(H2,21,23)(H,22,24)/p+1/t10-/m1/s1. The lowest BCUT2D eigenvalue weighted by Crippen LogP contribution is -2.25. The zero-order chi connectivity index (χ0) is 18.6. The van der Waals surface area contributed by atoms with Gasteiger partial charge >= 0.3 is 0 Å². The number of amides is 1.